The summed E-state index contributed by atoms with van der Waals surface area (Å²) in [5, 5.41) is 2.84. The van der Waals surface area contributed by atoms with Gasteiger partial charge in [-0.15, -0.1) is 0 Å². The molecular formula is C27H30FN3O2. The van der Waals surface area contributed by atoms with E-state index in [1.807, 2.05) is 86.3 Å². The standard InChI is InChI=1S/C27H30FN3O2/c1-5-26(32)31(19(2)20-10-7-6-8-11-20)18-22-17-24(14-15-25(22)30(3)4)29-27(33)21-12-9-13-23(28)16-21/h6-17,19H,5,18H2,1-4H3,(H,29,33)/t19-/m0/s1. The van der Waals surface area contributed by atoms with Crippen LogP contribution in [0.15, 0.2) is 72.8 Å². The van der Waals surface area contributed by atoms with Crippen molar-refractivity contribution in [3.8, 4) is 0 Å². The lowest BCUT2D eigenvalue weighted by molar-refractivity contribution is -0.133. The first kappa shape index (κ1) is 24.0. The van der Waals surface area contributed by atoms with Gasteiger partial charge in [0, 0.05) is 44.0 Å². The minimum absolute atomic E-state index is 0.0465. The van der Waals surface area contributed by atoms with Crippen molar-refractivity contribution in [3.05, 3.63) is 95.3 Å². The second-order valence-electron chi connectivity index (χ2n) is 8.16. The molecule has 0 spiro atoms. The molecule has 3 aromatic rings. The van der Waals surface area contributed by atoms with Gasteiger partial charge in [-0.1, -0.05) is 43.3 Å². The quantitative estimate of drug-likeness (QED) is 0.486. The average Bonchev–Trinajstić information content (AvgIpc) is 2.82. The number of nitrogens with one attached hydrogen (secondary N) is 1. The van der Waals surface area contributed by atoms with Crippen molar-refractivity contribution in [1.82, 2.24) is 4.90 Å². The summed E-state index contributed by atoms with van der Waals surface area (Å²) in [6, 6.07) is 21.0. The third kappa shape index (κ3) is 5.98. The Balaban J connectivity index is 1.92. The lowest BCUT2D eigenvalue weighted by Crippen LogP contribution is -2.33. The number of anilines is 2. The van der Waals surface area contributed by atoms with E-state index < -0.39 is 11.7 Å². The van der Waals surface area contributed by atoms with Gasteiger partial charge in [0.2, 0.25) is 5.91 Å². The molecule has 1 N–H and O–H groups in total. The molecule has 33 heavy (non-hydrogen) atoms. The molecule has 3 aromatic carbocycles. The summed E-state index contributed by atoms with van der Waals surface area (Å²) in [4.78, 5) is 29.4. The van der Waals surface area contributed by atoms with E-state index in [2.05, 4.69) is 5.32 Å². The fourth-order valence-corrected chi connectivity index (χ4v) is 3.80. The van der Waals surface area contributed by atoms with Crippen LogP contribution in [0.1, 0.15) is 47.8 Å². The number of hydrogen-bond donors (Lipinski definition) is 1. The van der Waals surface area contributed by atoms with Crippen LogP contribution >= 0.6 is 0 Å². The third-order valence-electron chi connectivity index (χ3n) is 5.62. The molecule has 0 saturated heterocycles. The zero-order valence-electron chi connectivity index (χ0n) is 19.5. The molecule has 1 atom stereocenters. The maximum absolute atomic E-state index is 13.5. The first-order chi connectivity index (χ1) is 15.8. The van der Waals surface area contributed by atoms with Gasteiger partial charge < -0.3 is 15.1 Å². The van der Waals surface area contributed by atoms with E-state index in [4.69, 9.17) is 0 Å². The van der Waals surface area contributed by atoms with Gasteiger partial charge in [0.1, 0.15) is 5.82 Å². The lowest BCUT2D eigenvalue weighted by atomic mass is 10.0. The molecule has 3 rings (SSSR count). The Hall–Kier alpha value is -3.67. The van der Waals surface area contributed by atoms with E-state index >= 15 is 0 Å². The van der Waals surface area contributed by atoms with Crippen molar-refractivity contribution in [1.29, 1.82) is 0 Å². The number of benzene rings is 3. The molecule has 0 heterocycles. The highest BCUT2D eigenvalue weighted by Gasteiger charge is 2.22. The molecule has 0 unspecified atom stereocenters. The number of halogens is 1. The van der Waals surface area contributed by atoms with Gasteiger partial charge in [0.15, 0.2) is 0 Å². The molecule has 0 aliphatic rings. The van der Waals surface area contributed by atoms with Crippen LogP contribution in [-0.2, 0) is 11.3 Å². The topological polar surface area (TPSA) is 52.7 Å². The first-order valence-corrected chi connectivity index (χ1v) is 11.0. The summed E-state index contributed by atoms with van der Waals surface area (Å²) < 4.78 is 13.5. The molecular weight excluding hydrogens is 417 g/mol. The van der Waals surface area contributed by atoms with Crippen molar-refractivity contribution in [2.75, 3.05) is 24.3 Å². The van der Waals surface area contributed by atoms with E-state index in [-0.39, 0.29) is 17.5 Å². The smallest absolute Gasteiger partial charge is 0.255 e. The SMILES string of the molecule is CCC(=O)N(Cc1cc(NC(=O)c2cccc(F)c2)ccc1N(C)C)[C@@H](C)c1ccccc1. The van der Waals surface area contributed by atoms with Crippen LogP contribution in [0.2, 0.25) is 0 Å². The lowest BCUT2D eigenvalue weighted by Gasteiger charge is -2.31. The number of amides is 2. The minimum atomic E-state index is -0.463. The van der Waals surface area contributed by atoms with Gasteiger partial charge in [-0.3, -0.25) is 9.59 Å². The summed E-state index contributed by atoms with van der Waals surface area (Å²) in [6.07, 6.45) is 0.393. The third-order valence-corrected chi connectivity index (χ3v) is 5.62. The Labute approximate surface area is 194 Å². The molecule has 2 amide bonds. The number of nitrogens with zero attached hydrogens (tertiary/aromatic N) is 2. The summed E-state index contributed by atoms with van der Waals surface area (Å²) in [7, 11) is 3.88. The highest BCUT2D eigenvalue weighted by molar-refractivity contribution is 6.04. The molecule has 0 bridgehead atoms. The molecule has 0 saturated carbocycles. The van der Waals surface area contributed by atoms with Gasteiger partial charge in [-0.2, -0.15) is 0 Å². The molecule has 0 radical (unpaired) electrons. The monoisotopic (exact) mass is 447 g/mol. The predicted octanol–water partition coefficient (Wildman–Crippen LogP) is 5.64. The first-order valence-electron chi connectivity index (χ1n) is 11.0. The van der Waals surface area contributed by atoms with Crippen LogP contribution in [0, 0.1) is 5.82 Å². The normalized spacial score (nSPS) is 11.5. The second kappa shape index (κ2) is 10.8. The van der Waals surface area contributed by atoms with Gasteiger partial charge in [0.25, 0.3) is 5.91 Å². The molecule has 0 fully saturated rings. The summed E-state index contributed by atoms with van der Waals surface area (Å²) in [6.45, 7) is 4.27. The number of hydrogen-bond acceptors (Lipinski definition) is 3. The van der Waals surface area contributed by atoms with Crippen LogP contribution < -0.4 is 10.2 Å². The van der Waals surface area contributed by atoms with Crippen LogP contribution in [0.25, 0.3) is 0 Å². The van der Waals surface area contributed by atoms with Crippen molar-refractivity contribution in [2.45, 2.75) is 32.9 Å². The van der Waals surface area contributed by atoms with Gasteiger partial charge in [0.05, 0.1) is 6.04 Å². The number of carbonyl (C=O) groups is 2. The molecule has 0 aliphatic carbocycles. The second-order valence-corrected chi connectivity index (χ2v) is 8.16. The Morgan fingerprint density at radius 1 is 0.970 bits per heavy atom. The maximum Gasteiger partial charge on any atom is 0.255 e. The minimum Gasteiger partial charge on any atom is -0.377 e. The van der Waals surface area contributed by atoms with Crippen molar-refractivity contribution < 1.29 is 14.0 Å². The van der Waals surface area contributed by atoms with E-state index in [9.17, 15) is 14.0 Å². The van der Waals surface area contributed by atoms with Crippen LogP contribution in [-0.4, -0.2) is 30.8 Å². The fraction of sp³-hybridized carbons (Fsp3) is 0.259. The van der Waals surface area contributed by atoms with Crippen LogP contribution in [0.5, 0.6) is 0 Å². The molecule has 0 aromatic heterocycles. The summed E-state index contributed by atoms with van der Waals surface area (Å²) >= 11 is 0. The summed E-state index contributed by atoms with van der Waals surface area (Å²) in [5.74, 6) is -0.808. The summed E-state index contributed by atoms with van der Waals surface area (Å²) in [5.41, 5.74) is 3.74. The Morgan fingerprint density at radius 2 is 1.70 bits per heavy atom. The Morgan fingerprint density at radius 3 is 2.33 bits per heavy atom. The van der Waals surface area contributed by atoms with E-state index in [1.54, 1.807) is 6.07 Å². The molecule has 0 aliphatic heterocycles. The van der Waals surface area contributed by atoms with Gasteiger partial charge >= 0.3 is 0 Å². The number of carbonyl (C=O) groups excluding carboxylic acids is 2. The van der Waals surface area contributed by atoms with Crippen molar-refractivity contribution >= 4 is 23.2 Å². The largest absolute Gasteiger partial charge is 0.377 e. The van der Waals surface area contributed by atoms with E-state index in [1.165, 1.54) is 18.2 Å². The van der Waals surface area contributed by atoms with Crippen molar-refractivity contribution in [2.24, 2.45) is 0 Å². The maximum atomic E-state index is 13.5. The van der Waals surface area contributed by atoms with Crippen LogP contribution in [0.3, 0.4) is 0 Å². The zero-order chi connectivity index (χ0) is 24.0. The highest BCUT2D eigenvalue weighted by Crippen LogP contribution is 2.29. The Bertz CT molecular complexity index is 1120. The molecule has 5 nitrogen and oxygen atoms in total. The van der Waals surface area contributed by atoms with Crippen LogP contribution in [0.4, 0.5) is 15.8 Å². The van der Waals surface area contributed by atoms with E-state index in [0.29, 0.717) is 18.7 Å². The Kier molecular flexibility index (Phi) is 7.83. The average molecular weight is 448 g/mol. The molecule has 172 valence electrons. The van der Waals surface area contributed by atoms with Gasteiger partial charge in [-0.25, -0.2) is 4.39 Å². The highest BCUT2D eigenvalue weighted by atomic mass is 19.1. The fourth-order valence-electron chi connectivity index (χ4n) is 3.80. The van der Waals surface area contributed by atoms with Gasteiger partial charge in [-0.05, 0) is 54.4 Å². The molecule has 6 heteroatoms. The zero-order valence-corrected chi connectivity index (χ0v) is 19.5. The predicted molar refractivity (Wildman–Crippen MR) is 131 cm³/mol. The number of rotatable bonds is 8. The van der Waals surface area contributed by atoms with Crippen molar-refractivity contribution in [3.63, 3.8) is 0 Å². The van der Waals surface area contributed by atoms with E-state index in [0.717, 1.165) is 16.8 Å².